The second-order valence-corrected chi connectivity index (χ2v) is 4.57. The van der Waals surface area contributed by atoms with Gasteiger partial charge in [0.05, 0.1) is 12.0 Å². The molecule has 0 aromatic carbocycles. The Labute approximate surface area is 109 Å². The molecule has 2 aromatic heterocycles. The number of esters is 1. The van der Waals surface area contributed by atoms with E-state index in [9.17, 15) is 9.59 Å². The molecular formula is C14H12N2O3. The molecule has 0 radical (unpaired) electrons. The third-order valence-corrected chi connectivity index (χ3v) is 3.22. The zero-order valence-electron chi connectivity index (χ0n) is 10.3. The van der Waals surface area contributed by atoms with E-state index < -0.39 is 0 Å². The topological polar surface area (TPSA) is 72.0 Å². The molecule has 0 unspecified atom stereocenters. The number of fused-ring (bicyclic) bond motifs is 1. The Kier molecular flexibility index (Phi) is 2.67. The van der Waals surface area contributed by atoms with Crippen molar-refractivity contribution < 1.29 is 9.53 Å². The first kappa shape index (κ1) is 11.6. The molecule has 0 amide bonds. The highest BCUT2D eigenvalue weighted by molar-refractivity contribution is 5.77. The van der Waals surface area contributed by atoms with Crippen molar-refractivity contribution in [3.8, 4) is 5.75 Å². The van der Waals surface area contributed by atoms with Crippen molar-refractivity contribution in [3.63, 3.8) is 0 Å². The number of aromatic nitrogens is 2. The molecule has 1 aliphatic heterocycles. The minimum Gasteiger partial charge on any atom is -0.426 e. The molecule has 5 heteroatoms. The van der Waals surface area contributed by atoms with Crippen LogP contribution in [0.2, 0.25) is 0 Å². The molecule has 0 aliphatic carbocycles. The summed E-state index contributed by atoms with van der Waals surface area (Å²) in [7, 11) is 0. The highest BCUT2D eigenvalue weighted by Crippen LogP contribution is 2.36. The van der Waals surface area contributed by atoms with Crippen LogP contribution in [-0.4, -0.2) is 15.9 Å². The van der Waals surface area contributed by atoms with Gasteiger partial charge in [0.2, 0.25) is 0 Å². The van der Waals surface area contributed by atoms with Crippen LogP contribution in [-0.2, 0) is 4.79 Å². The quantitative estimate of drug-likeness (QED) is 0.785. The summed E-state index contributed by atoms with van der Waals surface area (Å²) in [6.45, 7) is 1.76. The first-order valence-electron chi connectivity index (χ1n) is 5.99. The summed E-state index contributed by atoms with van der Waals surface area (Å²) < 4.78 is 5.17. The second-order valence-electron chi connectivity index (χ2n) is 4.57. The van der Waals surface area contributed by atoms with E-state index in [-0.39, 0.29) is 23.9 Å². The number of rotatable bonds is 1. The van der Waals surface area contributed by atoms with E-state index in [0.717, 1.165) is 5.56 Å². The van der Waals surface area contributed by atoms with E-state index in [2.05, 4.69) is 9.97 Å². The molecule has 0 spiro atoms. The van der Waals surface area contributed by atoms with E-state index in [4.69, 9.17) is 4.74 Å². The van der Waals surface area contributed by atoms with Crippen LogP contribution in [0.15, 0.2) is 35.4 Å². The number of ether oxygens (including phenoxy) is 1. The standard InChI is InChI=1S/C14H12N2O3/c1-8-6-11-13(14(18)16-8)10(7-12(17)19-11)9-2-4-15-5-3-9/h2-6,10H,7H2,1H3,(H,16,18)/t10-/m0/s1. The minimum absolute atomic E-state index is 0.170. The van der Waals surface area contributed by atoms with Gasteiger partial charge in [0, 0.05) is 30.1 Å². The van der Waals surface area contributed by atoms with Gasteiger partial charge in [-0.1, -0.05) is 0 Å². The summed E-state index contributed by atoms with van der Waals surface area (Å²) in [4.78, 5) is 30.5. The van der Waals surface area contributed by atoms with E-state index in [1.165, 1.54) is 0 Å². The van der Waals surface area contributed by atoms with Crippen molar-refractivity contribution in [2.45, 2.75) is 19.3 Å². The molecule has 5 nitrogen and oxygen atoms in total. The number of nitrogens with zero attached hydrogens (tertiary/aromatic N) is 1. The van der Waals surface area contributed by atoms with E-state index in [1.807, 2.05) is 12.1 Å². The molecule has 1 atom stereocenters. The minimum atomic E-state index is -0.320. The van der Waals surface area contributed by atoms with Crippen LogP contribution in [0.4, 0.5) is 0 Å². The Balaban J connectivity index is 2.20. The fourth-order valence-electron chi connectivity index (χ4n) is 2.40. The van der Waals surface area contributed by atoms with Crippen LogP contribution in [0.25, 0.3) is 0 Å². The zero-order valence-corrected chi connectivity index (χ0v) is 10.3. The fourth-order valence-corrected chi connectivity index (χ4v) is 2.40. The molecule has 19 heavy (non-hydrogen) atoms. The summed E-state index contributed by atoms with van der Waals surface area (Å²) in [5, 5.41) is 0. The summed E-state index contributed by atoms with van der Waals surface area (Å²) in [6.07, 6.45) is 3.47. The van der Waals surface area contributed by atoms with Crippen molar-refractivity contribution >= 4 is 5.97 Å². The Hall–Kier alpha value is -2.43. The highest BCUT2D eigenvalue weighted by Gasteiger charge is 2.31. The van der Waals surface area contributed by atoms with Crippen molar-refractivity contribution in [1.82, 2.24) is 9.97 Å². The maximum Gasteiger partial charge on any atom is 0.312 e. The van der Waals surface area contributed by atoms with Gasteiger partial charge in [-0.05, 0) is 24.6 Å². The van der Waals surface area contributed by atoms with Gasteiger partial charge in [0.25, 0.3) is 5.56 Å². The van der Waals surface area contributed by atoms with E-state index >= 15 is 0 Å². The lowest BCUT2D eigenvalue weighted by Crippen LogP contribution is -2.28. The van der Waals surface area contributed by atoms with Crippen LogP contribution in [0.1, 0.15) is 29.2 Å². The van der Waals surface area contributed by atoms with Crippen LogP contribution >= 0.6 is 0 Å². The number of aryl methyl sites for hydroxylation is 1. The van der Waals surface area contributed by atoms with Crippen LogP contribution in [0.3, 0.4) is 0 Å². The lowest BCUT2D eigenvalue weighted by atomic mass is 9.87. The molecule has 3 rings (SSSR count). The van der Waals surface area contributed by atoms with Crippen molar-refractivity contribution in [2.24, 2.45) is 0 Å². The van der Waals surface area contributed by atoms with E-state index in [0.29, 0.717) is 17.0 Å². The lowest BCUT2D eigenvalue weighted by molar-refractivity contribution is -0.135. The molecular weight excluding hydrogens is 244 g/mol. The van der Waals surface area contributed by atoms with Gasteiger partial charge in [-0.3, -0.25) is 14.6 Å². The summed E-state index contributed by atoms with van der Waals surface area (Å²) in [5.74, 6) is -0.234. The molecule has 1 N–H and O–H groups in total. The SMILES string of the molecule is Cc1cc2c(c(=O)[nH]1)[C@H](c1ccncc1)CC(=O)O2. The summed E-state index contributed by atoms with van der Waals surface area (Å²) in [6, 6.07) is 5.31. The Morgan fingerprint density at radius 1 is 1.32 bits per heavy atom. The molecule has 0 bridgehead atoms. The van der Waals surface area contributed by atoms with Crippen LogP contribution in [0.5, 0.6) is 5.75 Å². The molecule has 96 valence electrons. The average molecular weight is 256 g/mol. The Bertz CT molecular complexity index is 692. The predicted molar refractivity (Wildman–Crippen MR) is 68.1 cm³/mol. The molecule has 1 aliphatic rings. The smallest absolute Gasteiger partial charge is 0.312 e. The zero-order chi connectivity index (χ0) is 13.4. The van der Waals surface area contributed by atoms with Gasteiger partial charge in [-0.25, -0.2) is 0 Å². The average Bonchev–Trinajstić information content (AvgIpc) is 2.38. The van der Waals surface area contributed by atoms with Crippen molar-refractivity contribution in [1.29, 1.82) is 0 Å². The summed E-state index contributed by atoms with van der Waals surface area (Å²) in [5.41, 5.74) is 1.87. The van der Waals surface area contributed by atoms with Crippen LogP contribution in [0, 0.1) is 6.92 Å². The molecule has 3 heterocycles. The van der Waals surface area contributed by atoms with Gasteiger partial charge in [-0.15, -0.1) is 0 Å². The third kappa shape index (κ3) is 2.03. The van der Waals surface area contributed by atoms with Gasteiger partial charge in [-0.2, -0.15) is 0 Å². The molecule has 0 saturated heterocycles. The highest BCUT2D eigenvalue weighted by atomic mass is 16.5. The van der Waals surface area contributed by atoms with Crippen molar-refractivity contribution in [3.05, 3.63) is 57.8 Å². The number of pyridine rings is 2. The number of nitrogens with one attached hydrogen (secondary N) is 1. The van der Waals surface area contributed by atoms with Gasteiger partial charge < -0.3 is 9.72 Å². The predicted octanol–water partition coefficient (Wildman–Crippen LogP) is 1.52. The number of hydrogen-bond donors (Lipinski definition) is 1. The number of H-pyrrole nitrogens is 1. The van der Waals surface area contributed by atoms with Gasteiger partial charge in [0.1, 0.15) is 5.75 Å². The molecule has 0 saturated carbocycles. The van der Waals surface area contributed by atoms with E-state index in [1.54, 1.807) is 25.4 Å². The van der Waals surface area contributed by atoms with Crippen LogP contribution < -0.4 is 10.3 Å². The largest absolute Gasteiger partial charge is 0.426 e. The number of aromatic amines is 1. The lowest BCUT2D eigenvalue weighted by Gasteiger charge is -2.23. The Morgan fingerprint density at radius 3 is 2.79 bits per heavy atom. The third-order valence-electron chi connectivity index (χ3n) is 3.22. The molecule has 0 fully saturated rings. The first-order chi connectivity index (χ1) is 9.15. The van der Waals surface area contributed by atoms with Gasteiger partial charge >= 0.3 is 5.97 Å². The number of carbonyl (C=O) groups is 1. The maximum atomic E-state index is 12.1. The number of carbonyl (C=O) groups excluding carboxylic acids is 1. The van der Waals surface area contributed by atoms with Crippen molar-refractivity contribution in [2.75, 3.05) is 0 Å². The normalized spacial score (nSPS) is 17.7. The Morgan fingerprint density at radius 2 is 2.05 bits per heavy atom. The number of hydrogen-bond acceptors (Lipinski definition) is 4. The monoisotopic (exact) mass is 256 g/mol. The first-order valence-corrected chi connectivity index (χ1v) is 5.99. The second kappa shape index (κ2) is 4.35. The van der Waals surface area contributed by atoms with Gasteiger partial charge in [0.15, 0.2) is 0 Å². The summed E-state index contributed by atoms with van der Waals surface area (Å²) >= 11 is 0. The maximum absolute atomic E-state index is 12.1. The molecule has 2 aromatic rings. The fraction of sp³-hybridized carbons (Fsp3) is 0.214.